The van der Waals surface area contributed by atoms with Crippen LogP contribution in [0.2, 0.25) is 0 Å². The Morgan fingerprint density at radius 2 is 2.06 bits per heavy atom. The normalized spacial score (nSPS) is 12.6. The number of halogens is 1. The van der Waals surface area contributed by atoms with E-state index < -0.39 is 0 Å². The Morgan fingerprint density at radius 1 is 1.22 bits per heavy atom. The highest BCUT2D eigenvalue weighted by atomic mass is 79.9. The molecule has 0 aliphatic carbocycles. The molecule has 1 unspecified atom stereocenters. The number of nitrogens with one attached hydrogen (secondary N) is 1. The Morgan fingerprint density at radius 3 is 2.72 bits per heavy atom. The topological polar surface area (TPSA) is 12.0 Å². The summed E-state index contributed by atoms with van der Waals surface area (Å²) in [6.07, 6.45) is 2.27. The van der Waals surface area contributed by atoms with E-state index in [-0.39, 0.29) is 0 Å². The second kappa shape index (κ2) is 7.07. The van der Waals surface area contributed by atoms with Gasteiger partial charge in [0.15, 0.2) is 0 Å². The lowest BCUT2D eigenvalue weighted by Crippen LogP contribution is -2.22. The van der Waals surface area contributed by atoms with E-state index in [4.69, 9.17) is 0 Å². The third-order valence-corrected chi connectivity index (χ3v) is 4.24. The monoisotopic (exact) mass is 323 g/mol. The van der Waals surface area contributed by atoms with Gasteiger partial charge in [-0.3, -0.25) is 0 Å². The van der Waals surface area contributed by atoms with E-state index in [1.54, 1.807) is 11.3 Å². The minimum absolute atomic E-state index is 0.652. The molecule has 1 atom stereocenters. The predicted octanol–water partition coefficient (Wildman–Crippen LogP) is 4.13. The number of thiophene rings is 1. The largest absolute Gasteiger partial charge is 0.319 e. The summed E-state index contributed by atoms with van der Waals surface area (Å²) in [7, 11) is 2.03. The Labute approximate surface area is 121 Å². The molecule has 1 aromatic carbocycles. The molecular weight excluding hydrogens is 306 g/mol. The molecule has 18 heavy (non-hydrogen) atoms. The molecule has 0 amide bonds. The molecule has 1 heterocycles. The third kappa shape index (κ3) is 4.23. The zero-order valence-corrected chi connectivity index (χ0v) is 12.9. The Hall–Kier alpha value is -0.640. The lowest BCUT2D eigenvalue weighted by molar-refractivity contribution is 0.494. The quantitative estimate of drug-likeness (QED) is 0.842. The van der Waals surface area contributed by atoms with Crippen LogP contribution in [0.15, 0.2) is 45.6 Å². The standard InChI is InChI=1S/C15H18BrNS/c1-17-10-14(8-13-5-6-18-11-13)7-12-3-2-4-15(16)9-12/h2-6,9,11,14,17H,7-8,10H2,1H3. The maximum atomic E-state index is 3.54. The molecule has 0 aliphatic rings. The zero-order valence-electron chi connectivity index (χ0n) is 10.5. The molecule has 0 bridgehead atoms. The van der Waals surface area contributed by atoms with Gasteiger partial charge in [-0.2, -0.15) is 11.3 Å². The van der Waals surface area contributed by atoms with Crippen molar-refractivity contribution >= 4 is 27.3 Å². The summed E-state index contributed by atoms with van der Waals surface area (Å²) in [5, 5.41) is 7.72. The minimum atomic E-state index is 0.652. The van der Waals surface area contributed by atoms with Gasteiger partial charge in [-0.25, -0.2) is 0 Å². The summed E-state index contributed by atoms with van der Waals surface area (Å²) in [4.78, 5) is 0. The molecule has 1 nitrogen and oxygen atoms in total. The summed E-state index contributed by atoms with van der Waals surface area (Å²) in [6, 6.07) is 10.8. The van der Waals surface area contributed by atoms with Crippen LogP contribution in [0.3, 0.4) is 0 Å². The minimum Gasteiger partial charge on any atom is -0.319 e. The average Bonchev–Trinajstić information content (AvgIpc) is 2.82. The van der Waals surface area contributed by atoms with Crippen molar-refractivity contribution in [3.63, 3.8) is 0 Å². The molecular formula is C15H18BrNS. The van der Waals surface area contributed by atoms with E-state index >= 15 is 0 Å². The molecule has 96 valence electrons. The summed E-state index contributed by atoms with van der Waals surface area (Å²) < 4.78 is 1.17. The summed E-state index contributed by atoms with van der Waals surface area (Å²) >= 11 is 5.32. The van der Waals surface area contributed by atoms with Crippen LogP contribution in [-0.4, -0.2) is 13.6 Å². The highest BCUT2D eigenvalue weighted by Gasteiger charge is 2.10. The summed E-state index contributed by atoms with van der Waals surface area (Å²) in [6.45, 7) is 1.06. The SMILES string of the molecule is CNCC(Cc1ccsc1)Cc1cccc(Br)c1. The summed E-state index contributed by atoms with van der Waals surface area (Å²) in [5.41, 5.74) is 2.86. The zero-order chi connectivity index (χ0) is 12.8. The van der Waals surface area contributed by atoms with Crippen LogP contribution in [0.5, 0.6) is 0 Å². The van der Waals surface area contributed by atoms with Gasteiger partial charge in [0.05, 0.1) is 0 Å². The van der Waals surface area contributed by atoms with Crippen molar-refractivity contribution in [3.05, 3.63) is 56.7 Å². The molecule has 0 fully saturated rings. The van der Waals surface area contributed by atoms with Gasteiger partial charge < -0.3 is 5.32 Å². The molecule has 1 aromatic heterocycles. The van der Waals surface area contributed by atoms with Crippen LogP contribution in [-0.2, 0) is 12.8 Å². The molecule has 0 radical (unpaired) electrons. The maximum absolute atomic E-state index is 3.54. The summed E-state index contributed by atoms with van der Waals surface area (Å²) in [5.74, 6) is 0.652. The first-order chi connectivity index (χ1) is 8.78. The highest BCUT2D eigenvalue weighted by molar-refractivity contribution is 9.10. The predicted molar refractivity (Wildman–Crippen MR) is 83.3 cm³/mol. The lowest BCUT2D eigenvalue weighted by Gasteiger charge is -2.16. The van der Waals surface area contributed by atoms with Gasteiger partial charge in [0, 0.05) is 4.47 Å². The highest BCUT2D eigenvalue weighted by Crippen LogP contribution is 2.19. The van der Waals surface area contributed by atoms with Crippen molar-refractivity contribution in [3.8, 4) is 0 Å². The van der Waals surface area contributed by atoms with E-state index in [9.17, 15) is 0 Å². The number of benzene rings is 1. The van der Waals surface area contributed by atoms with Gasteiger partial charge in [0.25, 0.3) is 0 Å². The number of hydrogen-bond acceptors (Lipinski definition) is 2. The van der Waals surface area contributed by atoms with Gasteiger partial charge in [0.2, 0.25) is 0 Å². The van der Waals surface area contributed by atoms with Gasteiger partial charge in [0.1, 0.15) is 0 Å². The molecule has 0 spiro atoms. The maximum Gasteiger partial charge on any atom is 0.0177 e. The fourth-order valence-electron chi connectivity index (χ4n) is 2.24. The fourth-order valence-corrected chi connectivity index (χ4v) is 3.37. The van der Waals surface area contributed by atoms with Crippen molar-refractivity contribution in [2.24, 2.45) is 5.92 Å². The van der Waals surface area contributed by atoms with Crippen LogP contribution in [0.1, 0.15) is 11.1 Å². The van der Waals surface area contributed by atoms with E-state index in [1.165, 1.54) is 15.6 Å². The van der Waals surface area contributed by atoms with Crippen LogP contribution in [0.25, 0.3) is 0 Å². The van der Waals surface area contributed by atoms with Gasteiger partial charge in [-0.1, -0.05) is 28.1 Å². The van der Waals surface area contributed by atoms with Gasteiger partial charge >= 0.3 is 0 Å². The molecule has 1 N–H and O–H groups in total. The molecule has 0 saturated carbocycles. The number of hydrogen-bond donors (Lipinski definition) is 1. The van der Waals surface area contributed by atoms with E-state index in [1.807, 2.05) is 7.05 Å². The second-order valence-corrected chi connectivity index (χ2v) is 6.29. The van der Waals surface area contributed by atoms with Crippen molar-refractivity contribution < 1.29 is 0 Å². The average molecular weight is 324 g/mol. The Balaban J connectivity index is 2.01. The van der Waals surface area contributed by atoms with Gasteiger partial charge in [-0.05, 0) is 72.4 Å². The molecule has 0 aliphatic heterocycles. The first-order valence-electron chi connectivity index (χ1n) is 6.18. The third-order valence-electron chi connectivity index (χ3n) is 3.01. The number of rotatable bonds is 6. The van der Waals surface area contributed by atoms with Crippen molar-refractivity contribution in [1.29, 1.82) is 0 Å². The van der Waals surface area contributed by atoms with Crippen LogP contribution in [0, 0.1) is 5.92 Å². The molecule has 2 rings (SSSR count). The van der Waals surface area contributed by atoms with Gasteiger partial charge in [-0.15, -0.1) is 0 Å². The van der Waals surface area contributed by atoms with Crippen molar-refractivity contribution in [2.45, 2.75) is 12.8 Å². The van der Waals surface area contributed by atoms with E-state index in [0.717, 1.165) is 19.4 Å². The Bertz CT molecular complexity index is 467. The Kier molecular flexibility index (Phi) is 5.42. The van der Waals surface area contributed by atoms with Crippen LogP contribution in [0.4, 0.5) is 0 Å². The van der Waals surface area contributed by atoms with Crippen molar-refractivity contribution in [1.82, 2.24) is 5.32 Å². The first kappa shape index (κ1) is 13.8. The van der Waals surface area contributed by atoms with E-state index in [2.05, 4.69) is 62.3 Å². The smallest absolute Gasteiger partial charge is 0.0177 e. The molecule has 2 aromatic rings. The van der Waals surface area contributed by atoms with Crippen LogP contribution < -0.4 is 5.32 Å². The second-order valence-electron chi connectivity index (χ2n) is 4.59. The van der Waals surface area contributed by atoms with Crippen LogP contribution >= 0.6 is 27.3 Å². The lowest BCUT2D eigenvalue weighted by atomic mass is 9.93. The molecule has 3 heteroatoms. The fraction of sp³-hybridized carbons (Fsp3) is 0.333. The molecule has 0 saturated heterocycles. The van der Waals surface area contributed by atoms with Crippen molar-refractivity contribution in [2.75, 3.05) is 13.6 Å². The van der Waals surface area contributed by atoms with E-state index in [0.29, 0.717) is 5.92 Å². The first-order valence-corrected chi connectivity index (χ1v) is 7.91.